The Bertz CT molecular complexity index is 788. The van der Waals surface area contributed by atoms with Crippen LogP contribution in [0.3, 0.4) is 0 Å². The topological polar surface area (TPSA) is 36.1 Å². The summed E-state index contributed by atoms with van der Waals surface area (Å²) in [4.78, 5) is 19.0. The smallest absolute Gasteiger partial charge is 0.228 e. The Hall–Kier alpha value is -2.07. The van der Waals surface area contributed by atoms with Crippen molar-refractivity contribution in [3.05, 3.63) is 57.9 Å². The lowest BCUT2D eigenvalue weighted by molar-refractivity contribution is -0.131. The first kappa shape index (κ1) is 12.7. The standard InChI is InChI=1S/C17H16N2OS/c20-17(10-12-4-3-9-21-12)19-8-7-14-13-5-1-2-6-15(13)18-16(14)11-19/h1-6,9,18H,7-8,10-11H2. The van der Waals surface area contributed by atoms with Crippen molar-refractivity contribution in [2.24, 2.45) is 0 Å². The highest BCUT2D eigenvalue weighted by atomic mass is 32.1. The number of thiophene rings is 1. The molecule has 106 valence electrons. The fourth-order valence-electron chi connectivity index (χ4n) is 3.08. The number of amides is 1. The molecule has 4 rings (SSSR count). The van der Waals surface area contributed by atoms with E-state index < -0.39 is 0 Å². The van der Waals surface area contributed by atoms with Crippen LogP contribution in [-0.4, -0.2) is 22.3 Å². The summed E-state index contributed by atoms with van der Waals surface area (Å²) in [6, 6.07) is 12.4. The van der Waals surface area contributed by atoms with Crippen LogP contribution in [0, 0.1) is 0 Å². The van der Waals surface area contributed by atoms with Gasteiger partial charge in [0.15, 0.2) is 0 Å². The second-order valence-corrected chi connectivity index (χ2v) is 6.48. The van der Waals surface area contributed by atoms with Crippen LogP contribution in [0.4, 0.5) is 0 Å². The lowest BCUT2D eigenvalue weighted by Crippen LogP contribution is -2.36. The highest BCUT2D eigenvalue weighted by molar-refractivity contribution is 7.10. The molecule has 3 aromatic rings. The predicted octanol–water partition coefficient (Wildman–Crippen LogP) is 3.36. The van der Waals surface area contributed by atoms with E-state index in [0.717, 1.165) is 17.8 Å². The highest BCUT2D eigenvalue weighted by Crippen LogP contribution is 2.27. The summed E-state index contributed by atoms with van der Waals surface area (Å²) in [7, 11) is 0. The molecule has 0 fully saturated rings. The Morgan fingerprint density at radius 2 is 2.14 bits per heavy atom. The molecule has 0 unspecified atom stereocenters. The van der Waals surface area contributed by atoms with Crippen LogP contribution in [-0.2, 0) is 24.2 Å². The van der Waals surface area contributed by atoms with Crippen LogP contribution < -0.4 is 0 Å². The maximum absolute atomic E-state index is 12.4. The van der Waals surface area contributed by atoms with E-state index in [1.54, 1.807) is 11.3 Å². The van der Waals surface area contributed by atoms with Crippen LogP contribution in [0.2, 0.25) is 0 Å². The molecule has 21 heavy (non-hydrogen) atoms. The Morgan fingerprint density at radius 3 is 3.00 bits per heavy atom. The van der Waals surface area contributed by atoms with E-state index in [2.05, 4.69) is 23.2 Å². The van der Waals surface area contributed by atoms with E-state index in [0.29, 0.717) is 13.0 Å². The van der Waals surface area contributed by atoms with Gasteiger partial charge in [0.2, 0.25) is 5.91 Å². The Balaban J connectivity index is 1.57. The van der Waals surface area contributed by atoms with E-state index in [1.807, 2.05) is 28.5 Å². The predicted molar refractivity (Wildman–Crippen MR) is 85.4 cm³/mol. The van der Waals surface area contributed by atoms with Gasteiger partial charge in [0, 0.05) is 28.0 Å². The summed E-state index contributed by atoms with van der Waals surface area (Å²) in [6.45, 7) is 1.52. The molecule has 3 heterocycles. The zero-order valence-electron chi connectivity index (χ0n) is 11.6. The quantitative estimate of drug-likeness (QED) is 0.773. The van der Waals surface area contributed by atoms with Gasteiger partial charge in [-0.15, -0.1) is 11.3 Å². The number of rotatable bonds is 2. The minimum absolute atomic E-state index is 0.224. The van der Waals surface area contributed by atoms with Gasteiger partial charge in [0.25, 0.3) is 0 Å². The van der Waals surface area contributed by atoms with Crippen molar-refractivity contribution in [2.75, 3.05) is 6.54 Å². The molecule has 3 nitrogen and oxygen atoms in total. The van der Waals surface area contributed by atoms with Crippen LogP contribution in [0.1, 0.15) is 16.1 Å². The van der Waals surface area contributed by atoms with Crippen LogP contribution >= 0.6 is 11.3 Å². The van der Waals surface area contributed by atoms with Crippen molar-refractivity contribution in [3.8, 4) is 0 Å². The Kier molecular flexibility index (Phi) is 3.04. The van der Waals surface area contributed by atoms with Gasteiger partial charge in [-0.1, -0.05) is 24.3 Å². The summed E-state index contributed by atoms with van der Waals surface area (Å²) in [5.41, 5.74) is 3.75. The molecular formula is C17H16N2OS. The lowest BCUT2D eigenvalue weighted by atomic mass is 10.0. The molecule has 4 heteroatoms. The fraction of sp³-hybridized carbons (Fsp3) is 0.235. The summed E-state index contributed by atoms with van der Waals surface area (Å²) in [5, 5.41) is 3.33. The van der Waals surface area contributed by atoms with E-state index in [1.165, 1.54) is 22.2 Å². The van der Waals surface area contributed by atoms with Crippen LogP contribution in [0.25, 0.3) is 10.9 Å². The number of nitrogens with zero attached hydrogens (tertiary/aromatic N) is 1. The first-order valence-corrected chi connectivity index (χ1v) is 8.08. The van der Waals surface area contributed by atoms with Gasteiger partial charge in [-0.25, -0.2) is 0 Å². The number of hydrogen-bond acceptors (Lipinski definition) is 2. The number of benzene rings is 1. The van der Waals surface area contributed by atoms with Crippen LogP contribution in [0.5, 0.6) is 0 Å². The third-order valence-corrected chi connectivity index (χ3v) is 5.02. The Labute approximate surface area is 127 Å². The number of aromatic nitrogens is 1. The molecule has 1 N–H and O–H groups in total. The maximum Gasteiger partial charge on any atom is 0.228 e. The lowest BCUT2D eigenvalue weighted by Gasteiger charge is -2.27. The zero-order chi connectivity index (χ0) is 14.2. The zero-order valence-corrected chi connectivity index (χ0v) is 12.5. The average molecular weight is 296 g/mol. The maximum atomic E-state index is 12.4. The van der Waals surface area contributed by atoms with Gasteiger partial charge < -0.3 is 9.88 Å². The molecule has 0 radical (unpaired) electrons. The average Bonchev–Trinajstić information content (AvgIpc) is 3.13. The normalized spacial score (nSPS) is 14.4. The van der Waals surface area contributed by atoms with E-state index in [4.69, 9.17) is 0 Å². The first-order chi connectivity index (χ1) is 10.3. The molecule has 0 bridgehead atoms. The van der Waals surface area contributed by atoms with Gasteiger partial charge in [-0.3, -0.25) is 4.79 Å². The van der Waals surface area contributed by atoms with E-state index in [-0.39, 0.29) is 5.91 Å². The minimum Gasteiger partial charge on any atom is -0.357 e. The molecule has 1 aromatic carbocycles. The van der Waals surface area contributed by atoms with Gasteiger partial charge in [-0.2, -0.15) is 0 Å². The van der Waals surface area contributed by atoms with Crippen LogP contribution in [0.15, 0.2) is 41.8 Å². The number of aromatic amines is 1. The van der Waals surface area contributed by atoms with Crippen molar-refractivity contribution < 1.29 is 4.79 Å². The van der Waals surface area contributed by atoms with Crippen molar-refractivity contribution >= 4 is 28.1 Å². The molecule has 0 aliphatic carbocycles. The summed E-state index contributed by atoms with van der Waals surface area (Å²) in [5.74, 6) is 0.224. The number of nitrogens with one attached hydrogen (secondary N) is 1. The van der Waals surface area contributed by atoms with E-state index >= 15 is 0 Å². The molecule has 1 aliphatic heterocycles. The molecule has 0 saturated carbocycles. The number of para-hydroxylation sites is 1. The largest absolute Gasteiger partial charge is 0.357 e. The van der Waals surface area contributed by atoms with Crippen molar-refractivity contribution in [2.45, 2.75) is 19.4 Å². The Morgan fingerprint density at radius 1 is 1.24 bits per heavy atom. The molecule has 1 amide bonds. The molecular weight excluding hydrogens is 280 g/mol. The fourth-order valence-corrected chi connectivity index (χ4v) is 3.78. The summed E-state index contributed by atoms with van der Waals surface area (Å²) < 4.78 is 0. The molecule has 2 aromatic heterocycles. The second kappa shape index (κ2) is 5.04. The van der Waals surface area contributed by atoms with Crippen molar-refractivity contribution in [1.82, 2.24) is 9.88 Å². The third kappa shape index (κ3) is 2.25. The highest BCUT2D eigenvalue weighted by Gasteiger charge is 2.23. The first-order valence-electron chi connectivity index (χ1n) is 7.20. The number of carbonyl (C=O) groups excluding carboxylic acids is 1. The molecule has 1 aliphatic rings. The number of fused-ring (bicyclic) bond motifs is 3. The second-order valence-electron chi connectivity index (χ2n) is 5.45. The molecule has 0 atom stereocenters. The SMILES string of the molecule is O=C(Cc1cccs1)N1CCc2c([nH]c3ccccc23)C1. The van der Waals surface area contributed by atoms with Crippen molar-refractivity contribution in [3.63, 3.8) is 0 Å². The number of H-pyrrole nitrogens is 1. The number of carbonyl (C=O) groups is 1. The van der Waals surface area contributed by atoms with Gasteiger partial charge in [-0.05, 0) is 29.5 Å². The van der Waals surface area contributed by atoms with Gasteiger partial charge in [0.05, 0.1) is 13.0 Å². The molecule has 0 saturated heterocycles. The summed E-state index contributed by atoms with van der Waals surface area (Å²) >= 11 is 1.65. The van der Waals surface area contributed by atoms with Gasteiger partial charge >= 0.3 is 0 Å². The molecule has 0 spiro atoms. The number of hydrogen-bond donors (Lipinski definition) is 1. The van der Waals surface area contributed by atoms with E-state index in [9.17, 15) is 4.79 Å². The van der Waals surface area contributed by atoms with Gasteiger partial charge in [0.1, 0.15) is 0 Å². The minimum atomic E-state index is 0.224. The third-order valence-electron chi connectivity index (χ3n) is 4.14. The summed E-state index contributed by atoms with van der Waals surface area (Å²) in [6.07, 6.45) is 1.46. The monoisotopic (exact) mass is 296 g/mol. The van der Waals surface area contributed by atoms with Crippen molar-refractivity contribution in [1.29, 1.82) is 0 Å².